The molecule has 0 amide bonds. The highest BCUT2D eigenvalue weighted by atomic mass is 16.6. The zero-order valence-corrected chi connectivity index (χ0v) is 34.4. The van der Waals surface area contributed by atoms with E-state index in [4.69, 9.17) is 14.2 Å². The van der Waals surface area contributed by atoms with Gasteiger partial charge in [-0.05, 0) is 77.0 Å². The lowest BCUT2D eigenvalue weighted by atomic mass is 10.1. The average molecular weight is 744 g/mol. The summed E-state index contributed by atoms with van der Waals surface area (Å²) in [4.78, 5) is 36.7. The number of carbonyl (C=O) groups excluding carboxylic acids is 3. The normalized spacial score (nSPS) is 13.6. The number of carboxylic acids is 1. The first kappa shape index (κ1) is 50.0. The van der Waals surface area contributed by atoms with E-state index < -0.39 is 18.1 Å². The molecule has 0 spiro atoms. The molecular formula is C45H77NO7. The summed E-state index contributed by atoms with van der Waals surface area (Å²) in [5, 5.41) is 11.6. The van der Waals surface area contributed by atoms with Crippen LogP contribution in [-0.2, 0) is 28.6 Å². The van der Waals surface area contributed by atoms with E-state index >= 15 is 0 Å². The zero-order valence-electron chi connectivity index (χ0n) is 34.4. The second-order valence-corrected chi connectivity index (χ2v) is 14.8. The third kappa shape index (κ3) is 34.5. The molecule has 2 atom stereocenters. The Kier molecular flexibility index (Phi) is 34.0. The maximum Gasteiger partial charge on any atom is 0.306 e. The van der Waals surface area contributed by atoms with Gasteiger partial charge in [0.1, 0.15) is 12.6 Å². The Morgan fingerprint density at radius 3 is 1.58 bits per heavy atom. The van der Waals surface area contributed by atoms with Gasteiger partial charge < -0.3 is 28.6 Å². The number of rotatable bonds is 36. The van der Waals surface area contributed by atoms with Gasteiger partial charge >= 0.3 is 11.9 Å². The molecule has 0 aromatic carbocycles. The van der Waals surface area contributed by atoms with Crippen molar-refractivity contribution >= 4 is 17.9 Å². The van der Waals surface area contributed by atoms with Crippen molar-refractivity contribution in [3.63, 3.8) is 0 Å². The first-order valence-corrected chi connectivity index (χ1v) is 20.8. The number of esters is 2. The van der Waals surface area contributed by atoms with E-state index in [1.165, 1.54) is 32.1 Å². The zero-order chi connectivity index (χ0) is 39.3. The van der Waals surface area contributed by atoms with Crippen LogP contribution in [-0.4, -0.2) is 75.5 Å². The molecule has 2 unspecified atom stereocenters. The van der Waals surface area contributed by atoms with Crippen LogP contribution in [0.15, 0.2) is 60.8 Å². The van der Waals surface area contributed by atoms with E-state index in [2.05, 4.69) is 74.6 Å². The minimum absolute atomic E-state index is 0.0256. The van der Waals surface area contributed by atoms with Crippen molar-refractivity contribution in [1.82, 2.24) is 0 Å². The Hall–Kier alpha value is -2.97. The monoisotopic (exact) mass is 744 g/mol. The van der Waals surface area contributed by atoms with Gasteiger partial charge in [-0.25, -0.2) is 0 Å². The molecule has 0 bridgehead atoms. The summed E-state index contributed by atoms with van der Waals surface area (Å²) in [6, 6.07) is -0.733. The van der Waals surface area contributed by atoms with Gasteiger partial charge in [0.2, 0.25) is 0 Å². The molecule has 0 aromatic heterocycles. The number of aliphatic carboxylic acids is 1. The van der Waals surface area contributed by atoms with Crippen LogP contribution >= 0.6 is 0 Å². The maximum atomic E-state index is 12.7. The van der Waals surface area contributed by atoms with Crippen molar-refractivity contribution in [3.8, 4) is 0 Å². The van der Waals surface area contributed by atoms with Crippen LogP contribution in [0.3, 0.4) is 0 Å². The Balaban J connectivity index is 4.45. The van der Waals surface area contributed by atoms with Crippen molar-refractivity contribution in [2.75, 3.05) is 41.0 Å². The number of hydrogen-bond donors (Lipinski definition) is 0. The average Bonchev–Trinajstić information content (AvgIpc) is 3.11. The van der Waals surface area contributed by atoms with E-state index in [0.717, 1.165) is 89.9 Å². The topological polar surface area (TPSA) is 102 Å². The fourth-order valence-electron chi connectivity index (χ4n) is 5.64. The summed E-state index contributed by atoms with van der Waals surface area (Å²) < 4.78 is 17.1. The Morgan fingerprint density at radius 1 is 0.585 bits per heavy atom. The number of ether oxygens (including phenoxy) is 3. The third-order valence-electron chi connectivity index (χ3n) is 8.89. The standard InChI is InChI=1S/C45H77NO7/c1-6-8-10-12-14-16-18-20-21-22-23-24-26-28-30-32-34-36-44(48)53-41(39-51-38-37-42(45(49)50)46(3,4)5)40-52-43(47)35-33-31-29-27-25-19-17-15-13-11-9-7-2/h8,10,14-17,20-21,23-24,41-42H,6-7,9,11-13,18-19,22,25-40H2,1-5H3/b10-8-,16-14-,17-15-,21-20-,24-23-. The van der Waals surface area contributed by atoms with Crippen molar-refractivity contribution < 1.29 is 38.2 Å². The van der Waals surface area contributed by atoms with Gasteiger partial charge in [0, 0.05) is 19.3 Å². The molecular weight excluding hydrogens is 666 g/mol. The summed E-state index contributed by atoms with van der Waals surface area (Å²) in [5.74, 6) is -1.79. The molecule has 0 aromatic rings. The molecule has 0 aliphatic rings. The first-order chi connectivity index (χ1) is 25.6. The molecule has 8 nitrogen and oxygen atoms in total. The van der Waals surface area contributed by atoms with E-state index in [0.29, 0.717) is 6.42 Å². The minimum atomic E-state index is -1.13. The van der Waals surface area contributed by atoms with E-state index in [-0.39, 0.29) is 49.1 Å². The molecule has 0 saturated carbocycles. The molecule has 53 heavy (non-hydrogen) atoms. The molecule has 0 N–H and O–H groups in total. The second kappa shape index (κ2) is 36.0. The molecule has 0 aliphatic carbocycles. The number of hydrogen-bond acceptors (Lipinski definition) is 7. The molecule has 0 rings (SSSR count). The lowest BCUT2D eigenvalue weighted by molar-refractivity contribution is -0.889. The van der Waals surface area contributed by atoms with E-state index in [1.54, 1.807) is 21.1 Å². The molecule has 0 aliphatic heterocycles. The summed E-state index contributed by atoms with van der Waals surface area (Å²) in [6.45, 7) is 4.47. The van der Waals surface area contributed by atoms with Crippen LogP contribution in [0.2, 0.25) is 0 Å². The van der Waals surface area contributed by atoms with Gasteiger partial charge in [0.25, 0.3) is 0 Å². The number of nitrogens with zero attached hydrogens (tertiary/aromatic N) is 1. The Morgan fingerprint density at radius 2 is 1.06 bits per heavy atom. The SMILES string of the molecule is CC/C=C\C/C=C\C/C=C\C/C=C\CCCCCCC(=O)OC(COCCC(C(=O)[O-])[N+](C)(C)C)COC(=O)CCCCCCC/C=C\CCCCC. The van der Waals surface area contributed by atoms with Crippen LogP contribution in [0.1, 0.15) is 155 Å². The molecule has 0 heterocycles. The van der Waals surface area contributed by atoms with Gasteiger partial charge in [-0.1, -0.05) is 120 Å². The minimum Gasteiger partial charge on any atom is -0.544 e. The van der Waals surface area contributed by atoms with Crippen LogP contribution in [0, 0.1) is 0 Å². The fourth-order valence-corrected chi connectivity index (χ4v) is 5.64. The molecule has 304 valence electrons. The van der Waals surface area contributed by atoms with Crippen LogP contribution < -0.4 is 5.11 Å². The molecule has 0 saturated heterocycles. The van der Waals surface area contributed by atoms with Crippen molar-refractivity contribution in [2.45, 2.75) is 167 Å². The summed E-state index contributed by atoms with van der Waals surface area (Å²) in [5.41, 5.74) is 0. The third-order valence-corrected chi connectivity index (χ3v) is 8.89. The number of quaternary nitrogens is 1. The van der Waals surface area contributed by atoms with Gasteiger partial charge in [0.15, 0.2) is 6.10 Å². The number of likely N-dealkylation sites (N-methyl/N-ethyl adjacent to an activating group) is 1. The van der Waals surface area contributed by atoms with Crippen molar-refractivity contribution in [3.05, 3.63) is 60.8 Å². The number of unbranched alkanes of at least 4 members (excludes halogenated alkanes) is 12. The lowest BCUT2D eigenvalue weighted by Crippen LogP contribution is -2.55. The van der Waals surface area contributed by atoms with Gasteiger partial charge in [-0.3, -0.25) is 9.59 Å². The quantitative estimate of drug-likeness (QED) is 0.0273. The lowest BCUT2D eigenvalue weighted by Gasteiger charge is -2.34. The largest absolute Gasteiger partial charge is 0.544 e. The molecule has 8 heteroatoms. The smallest absolute Gasteiger partial charge is 0.306 e. The van der Waals surface area contributed by atoms with Gasteiger partial charge in [-0.15, -0.1) is 0 Å². The van der Waals surface area contributed by atoms with Gasteiger partial charge in [-0.2, -0.15) is 0 Å². The second-order valence-electron chi connectivity index (χ2n) is 14.8. The molecule has 0 radical (unpaired) electrons. The van der Waals surface area contributed by atoms with E-state index in [9.17, 15) is 19.5 Å². The summed E-state index contributed by atoms with van der Waals surface area (Å²) in [7, 11) is 5.38. The van der Waals surface area contributed by atoms with Gasteiger partial charge in [0.05, 0.1) is 40.3 Å². The highest BCUT2D eigenvalue weighted by Crippen LogP contribution is 2.12. The number of carbonyl (C=O) groups is 3. The Bertz CT molecular complexity index is 1050. The van der Waals surface area contributed by atoms with Crippen LogP contribution in [0.4, 0.5) is 0 Å². The highest BCUT2D eigenvalue weighted by Gasteiger charge is 2.25. The number of allylic oxidation sites excluding steroid dienone is 10. The van der Waals surface area contributed by atoms with Crippen molar-refractivity contribution in [2.24, 2.45) is 0 Å². The van der Waals surface area contributed by atoms with Crippen LogP contribution in [0.5, 0.6) is 0 Å². The summed E-state index contributed by atoms with van der Waals surface area (Å²) in [6.07, 6.45) is 42.4. The predicted molar refractivity (Wildman–Crippen MR) is 217 cm³/mol. The maximum absolute atomic E-state index is 12.7. The molecule has 0 fully saturated rings. The number of carboxylic acid groups (broad SMARTS) is 1. The predicted octanol–water partition coefficient (Wildman–Crippen LogP) is 9.69. The van der Waals surface area contributed by atoms with E-state index in [1.807, 2.05) is 0 Å². The summed E-state index contributed by atoms with van der Waals surface area (Å²) >= 11 is 0. The fraction of sp³-hybridized carbons (Fsp3) is 0.711. The van der Waals surface area contributed by atoms with Crippen molar-refractivity contribution in [1.29, 1.82) is 0 Å². The highest BCUT2D eigenvalue weighted by molar-refractivity contribution is 5.70. The Labute approximate surface area is 324 Å². The first-order valence-electron chi connectivity index (χ1n) is 20.8. The van der Waals surface area contributed by atoms with Crippen LogP contribution in [0.25, 0.3) is 0 Å².